The highest BCUT2D eigenvalue weighted by Crippen LogP contribution is 2.32. The summed E-state index contributed by atoms with van der Waals surface area (Å²) in [6.45, 7) is 1.91. The van der Waals surface area contributed by atoms with Crippen molar-refractivity contribution in [3.05, 3.63) is 0 Å². The highest BCUT2D eigenvalue weighted by atomic mass is 35.5. The molecular weight excluding hydrogens is 234 g/mol. The van der Waals surface area contributed by atoms with Gasteiger partial charge in [0.15, 0.2) is 0 Å². The predicted molar refractivity (Wildman–Crippen MR) is 60.1 cm³/mol. The van der Waals surface area contributed by atoms with Crippen molar-refractivity contribution in [2.75, 3.05) is 42.5 Å². The van der Waals surface area contributed by atoms with E-state index in [-0.39, 0.29) is 12.4 Å². The number of hydrogen-bond acceptors (Lipinski definition) is 3. The first-order chi connectivity index (χ1) is 6.18. The van der Waals surface area contributed by atoms with Crippen LogP contribution in [-0.2, 0) is 14.2 Å². The van der Waals surface area contributed by atoms with Gasteiger partial charge in [-0.05, 0) is 6.92 Å². The number of hydrogen-bond donors (Lipinski definition) is 0. The molecule has 0 spiro atoms. The molecule has 0 aliphatic carbocycles. The van der Waals surface area contributed by atoms with Crippen LogP contribution in [0.4, 0.5) is 0 Å². The Morgan fingerprint density at radius 1 is 0.933 bits per heavy atom. The van der Waals surface area contributed by atoms with E-state index in [0.29, 0.717) is 4.48 Å². The quantitative estimate of drug-likeness (QED) is 0.289. The fraction of sp³-hybridized carbons (Fsp3) is 1.00. The summed E-state index contributed by atoms with van der Waals surface area (Å²) >= 11 is 0. The number of halogens is 1. The lowest BCUT2D eigenvalue weighted by molar-refractivity contribution is -0.946. The number of rotatable bonds is 5. The Hall–Kier alpha value is 0.347. The van der Waals surface area contributed by atoms with Crippen molar-refractivity contribution >= 4 is 10.2 Å². The number of ether oxygens (including phenoxy) is 3. The minimum Gasteiger partial charge on any atom is -1.00 e. The number of likely N-dealkylation sites (N-methyl/N-ethyl adjacent to an activating group) is 1. The Bertz CT molecular complexity index is 194. The molecule has 0 aliphatic heterocycles. The summed E-state index contributed by atoms with van der Waals surface area (Å²) < 4.78 is 17.2. The number of methoxy groups -OCH3 is 3. The third-order valence-electron chi connectivity index (χ3n) is 3.30. The lowest BCUT2D eigenvalue weighted by atomic mass is 10.2. The summed E-state index contributed by atoms with van der Waals surface area (Å²) in [4.78, 5) is 0. The normalized spacial score (nSPS) is 17.0. The van der Waals surface area contributed by atoms with Gasteiger partial charge in [0, 0.05) is 21.3 Å². The summed E-state index contributed by atoms with van der Waals surface area (Å²) in [6, 6.07) is 0. The summed E-state index contributed by atoms with van der Waals surface area (Å²) in [6.07, 6.45) is 0. The second-order valence-corrected chi connectivity index (χ2v) is 5.91. The molecule has 1 unspecified atom stereocenters. The first kappa shape index (κ1) is 17.7. The van der Waals surface area contributed by atoms with Crippen molar-refractivity contribution < 1.29 is 31.1 Å². The van der Waals surface area contributed by atoms with Crippen LogP contribution in [0.5, 0.6) is 0 Å². The molecule has 0 bridgehead atoms. The molecule has 0 aromatic rings. The fourth-order valence-corrected chi connectivity index (χ4v) is 1.94. The van der Waals surface area contributed by atoms with Gasteiger partial charge >= 0.3 is 0 Å². The van der Waals surface area contributed by atoms with Crippen LogP contribution in [0.3, 0.4) is 0 Å². The van der Waals surface area contributed by atoms with E-state index in [1.54, 1.807) is 21.3 Å². The standard InChI is InChI=1S/C9H24NO3Si.ClH/c1-8(11-5,12-6)9(14,13-7)10(2,3)4;/h1-7,14H3;1H/q+1;/p-1. The van der Waals surface area contributed by atoms with Crippen LogP contribution in [-0.4, -0.2) is 68.3 Å². The Kier molecular flexibility index (Phi) is 6.63. The van der Waals surface area contributed by atoms with Crippen molar-refractivity contribution in [3.63, 3.8) is 0 Å². The highest BCUT2D eigenvalue weighted by molar-refractivity contribution is 6.14. The van der Waals surface area contributed by atoms with Crippen molar-refractivity contribution in [3.8, 4) is 0 Å². The third kappa shape index (κ3) is 2.92. The lowest BCUT2D eigenvalue weighted by Gasteiger charge is -2.50. The van der Waals surface area contributed by atoms with Crippen molar-refractivity contribution in [1.29, 1.82) is 0 Å². The lowest BCUT2D eigenvalue weighted by Crippen LogP contribution is -3.00. The van der Waals surface area contributed by atoms with Crippen LogP contribution in [0.1, 0.15) is 6.92 Å². The van der Waals surface area contributed by atoms with E-state index < -0.39 is 11.1 Å². The molecule has 15 heavy (non-hydrogen) atoms. The summed E-state index contributed by atoms with van der Waals surface area (Å²) in [5, 5.41) is -0.434. The zero-order chi connectivity index (χ0) is 11.6. The van der Waals surface area contributed by atoms with E-state index in [1.807, 2.05) is 6.92 Å². The van der Waals surface area contributed by atoms with E-state index in [4.69, 9.17) is 14.2 Å². The van der Waals surface area contributed by atoms with Gasteiger partial charge in [0.2, 0.25) is 11.1 Å². The topological polar surface area (TPSA) is 27.7 Å². The van der Waals surface area contributed by atoms with Gasteiger partial charge < -0.3 is 31.1 Å². The summed E-state index contributed by atoms with van der Waals surface area (Å²) in [7, 11) is 12.0. The summed E-state index contributed by atoms with van der Waals surface area (Å²) in [5.74, 6) is -0.716. The van der Waals surface area contributed by atoms with E-state index >= 15 is 0 Å². The molecule has 0 N–H and O–H groups in total. The second kappa shape index (κ2) is 5.61. The fourth-order valence-electron chi connectivity index (χ4n) is 1.53. The molecule has 0 amide bonds. The number of nitrogens with zero attached hydrogens (tertiary/aromatic N) is 1. The second-order valence-electron chi connectivity index (χ2n) is 4.55. The van der Waals surface area contributed by atoms with Crippen LogP contribution in [0.25, 0.3) is 0 Å². The van der Waals surface area contributed by atoms with Gasteiger partial charge in [-0.2, -0.15) is 0 Å². The molecule has 6 heteroatoms. The van der Waals surface area contributed by atoms with Gasteiger partial charge in [-0.3, -0.25) is 0 Å². The maximum atomic E-state index is 5.63. The first-order valence-corrected chi connectivity index (χ1v) is 5.65. The molecular formula is C9H24ClNO3Si. The molecule has 0 aliphatic rings. The van der Waals surface area contributed by atoms with Crippen molar-refractivity contribution in [1.82, 2.24) is 0 Å². The average molecular weight is 258 g/mol. The van der Waals surface area contributed by atoms with Crippen LogP contribution in [0, 0.1) is 0 Å². The van der Waals surface area contributed by atoms with Gasteiger partial charge in [0.05, 0.1) is 21.1 Å². The molecule has 0 heterocycles. The van der Waals surface area contributed by atoms with Crippen molar-refractivity contribution in [2.45, 2.75) is 18.1 Å². The van der Waals surface area contributed by atoms with E-state index in [9.17, 15) is 0 Å². The minimum absolute atomic E-state index is 0. The van der Waals surface area contributed by atoms with Gasteiger partial charge in [0.25, 0.3) is 0 Å². The smallest absolute Gasteiger partial charge is 0.242 e. The molecule has 0 radical (unpaired) electrons. The van der Waals surface area contributed by atoms with E-state index in [1.165, 1.54) is 0 Å². The van der Waals surface area contributed by atoms with E-state index in [0.717, 1.165) is 10.2 Å². The maximum Gasteiger partial charge on any atom is 0.242 e. The molecule has 0 saturated carbocycles. The van der Waals surface area contributed by atoms with Gasteiger partial charge in [-0.15, -0.1) is 0 Å². The molecule has 1 atom stereocenters. The zero-order valence-electron chi connectivity index (χ0n) is 11.0. The van der Waals surface area contributed by atoms with Crippen molar-refractivity contribution in [2.24, 2.45) is 0 Å². The van der Waals surface area contributed by atoms with E-state index in [2.05, 4.69) is 21.1 Å². The Balaban J connectivity index is 0. The largest absolute Gasteiger partial charge is 1.00 e. The Morgan fingerprint density at radius 2 is 1.27 bits per heavy atom. The molecule has 0 aromatic heterocycles. The average Bonchev–Trinajstić information content (AvgIpc) is 2.13. The van der Waals surface area contributed by atoms with Crippen LogP contribution in [0.15, 0.2) is 0 Å². The highest BCUT2D eigenvalue weighted by Gasteiger charge is 2.55. The van der Waals surface area contributed by atoms with Crippen LogP contribution in [0.2, 0.25) is 0 Å². The SMILES string of the molecule is COC(C)(OC)C([SiH3])(OC)[N+](C)(C)C.[Cl-]. The Labute approximate surface area is 102 Å². The first-order valence-electron chi connectivity index (χ1n) is 4.65. The van der Waals surface area contributed by atoms with Gasteiger partial charge in [-0.1, -0.05) is 0 Å². The zero-order valence-corrected chi connectivity index (χ0v) is 13.8. The Morgan fingerprint density at radius 3 is 1.33 bits per heavy atom. The molecule has 0 fully saturated rings. The van der Waals surface area contributed by atoms with Gasteiger partial charge in [-0.25, -0.2) is 0 Å². The van der Waals surface area contributed by atoms with Crippen LogP contribution >= 0.6 is 0 Å². The predicted octanol–water partition coefficient (Wildman–Crippen LogP) is -3.63. The maximum absolute atomic E-state index is 5.63. The van der Waals surface area contributed by atoms with Crippen LogP contribution < -0.4 is 12.4 Å². The molecule has 94 valence electrons. The van der Waals surface area contributed by atoms with Gasteiger partial charge in [0.1, 0.15) is 10.2 Å². The molecule has 0 rings (SSSR count). The minimum atomic E-state index is -0.716. The summed E-state index contributed by atoms with van der Waals surface area (Å²) in [5.41, 5.74) is 0. The third-order valence-corrected chi connectivity index (χ3v) is 5.96. The number of quaternary nitrogens is 1. The molecule has 4 nitrogen and oxygen atoms in total. The molecule has 0 saturated heterocycles. The molecule has 0 aromatic carbocycles. The monoisotopic (exact) mass is 257 g/mol.